The maximum Gasteiger partial charge on any atom is 0.257 e. The van der Waals surface area contributed by atoms with E-state index in [1.807, 2.05) is 13.8 Å². The lowest BCUT2D eigenvalue weighted by atomic mass is 10.1. The van der Waals surface area contributed by atoms with Crippen molar-refractivity contribution in [3.63, 3.8) is 0 Å². The molecule has 1 unspecified atom stereocenters. The summed E-state index contributed by atoms with van der Waals surface area (Å²) in [6.45, 7) is 5.00. The van der Waals surface area contributed by atoms with E-state index < -0.39 is 0 Å². The van der Waals surface area contributed by atoms with E-state index in [9.17, 15) is 4.79 Å². The minimum Gasteiger partial charge on any atom is -0.397 e. The van der Waals surface area contributed by atoms with Crippen molar-refractivity contribution in [1.29, 1.82) is 0 Å². The van der Waals surface area contributed by atoms with Gasteiger partial charge < -0.3 is 15.4 Å². The fourth-order valence-corrected chi connectivity index (χ4v) is 1.89. The SMILES string of the molecule is CCC(C)N(CCOC)C(=O)c1cc(N)cnc1Cl. The lowest BCUT2D eigenvalue weighted by Crippen LogP contribution is -2.40. The van der Waals surface area contributed by atoms with Crippen molar-refractivity contribution in [3.8, 4) is 0 Å². The van der Waals surface area contributed by atoms with Crippen LogP contribution in [0.25, 0.3) is 0 Å². The molecule has 1 heterocycles. The second kappa shape index (κ2) is 7.31. The number of methoxy groups -OCH3 is 1. The van der Waals surface area contributed by atoms with E-state index in [-0.39, 0.29) is 17.1 Å². The van der Waals surface area contributed by atoms with Crippen LogP contribution < -0.4 is 5.73 Å². The molecule has 5 nitrogen and oxygen atoms in total. The summed E-state index contributed by atoms with van der Waals surface area (Å²) in [5.41, 5.74) is 6.41. The van der Waals surface area contributed by atoms with E-state index in [1.54, 1.807) is 18.1 Å². The molecule has 0 saturated carbocycles. The molecule has 0 aliphatic carbocycles. The summed E-state index contributed by atoms with van der Waals surface area (Å²) in [5.74, 6) is -0.170. The summed E-state index contributed by atoms with van der Waals surface area (Å²) in [4.78, 5) is 18.2. The fraction of sp³-hybridized carbons (Fsp3) is 0.538. The maximum atomic E-state index is 12.5. The molecule has 2 N–H and O–H groups in total. The van der Waals surface area contributed by atoms with Gasteiger partial charge in [-0.25, -0.2) is 4.98 Å². The van der Waals surface area contributed by atoms with Crippen LogP contribution in [0.15, 0.2) is 12.3 Å². The Morgan fingerprint density at radius 3 is 2.89 bits per heavy atom. The Kier molecular flexibility index (Phi) is 6.05. The quantitative estimate of drug-likeness (QED) is 0.814. The van der Waals surface area contributed by atoms with Crippen molar-refractivity contribution in [3.05, 3.63) is 23.0 Å². The standard InChI is InChI=1S/C13H20ClN3O2/c1-4-9(2)17(5-6-19-3)13(18)11-7-10(15)8-16-12(11)14/h7-9H,4-6,15H2,1-3H3. The van der Waals surface area contributed by atoms with Crippen molar-refractivity contribution >= 4 is 23.2 Å². The predicted molar refractivity (Wildman–Crippen MR) is 76.3 cm³/mol. The van der Waals surface area contributed by atoms with E-state index in [0.717, 1.165) is 6.42 Å². The molecule has 1 atom stereocenters. The molecular formula is C13H20ClN3O2. The predicted octanol–water partition coefficient (Wildman–Crippen LogP) is 2.20. The van der Waals surface area contributed by atoms with Gasteiger partial charge in [-0.15, -0.1) is 0 Å². The fourth-order valence-electron chi connectivity index (χ4n) is 1.70. The lowest BCUT2D eigenvalue weighted by Gasteiger charge is -2.28. The van der Waals surface area contributed by atoms with Crippen LogP contribution in [-0.2, 0) is 4.74 Å². The molecule has 0 aliphatic rings. The molecule has 0 bridgehead atoms. The second-order valence-corrected chi connectivity index (χ2v) is 4.71. The number of amides is 1. The van der Waals surface area contributed by atoms with E-state index in [1.165, 1.54) is 6.20 Å². The summed E-state index contributed by atoms with van der Waals surface area (Å²) < 4.78 is 5.04. The maximum absolute atomic E-state index is 12.5. The van der Waals surface area contributed by atoms with Crippen molar-refractivity contribution < 1.29 is 9.53 Å². The number of halogens is 1. The molecule has 0 spiro atoms. The van der Waals surface area contributed by atoms with E-state index >= 15 is 0 Å². The van der Waals surface area contributed by atoms with Crippen LogP contribution in [0.3, 0.4) is 0 Å². The minimum atomic E-state index is -0.170. The molecule has 1 aromatic rings. The Hall–Kier alpha value is -1.33. The number of nitrogens with zero attached hydrogens (tertiary/aromatic N) is 2. The molecule has 0 radical (unpaired) electrons. The Morgan fingerprint density at radius 2 is 2.32 bits per heavy atom. The normalized spacial score (nSPS) is 12.2. The highest BCUT2D eigenvalue weighted by Crippen LogP contribution is 2.19. The molecule has 0 saturated heterocycles. The molecule has 0 aromatic carbocycles. The third-order valence-electron chi connectivity index (χ3n) is 3.01. The first-order valence-corrected chi connectivity index (χ1v) is 6.60. The zero-order chi connectivity index (χ0) is 14.4. The molecular weight excluding hydrogens is 266 g/mol. The molecule has 1 amide bonds. The summed E-state index contributed by atoms with van der Waals surface area (Å²) in [6, 6.07) is 1.65. The number of rotatable bonds is 6. The number of ether oxygens (including phenoxy) is 1. The topological polar surface area (TPSA) is 68.5 Å². The van der Waals surface area contributed by atoms with Gasteiger partial charge in [0.1, 0.15) is 5.15 Å². The number of hydrogen-bond acceptors (Lipinski definition) is 4. The molecule has 1 aromatic heterocycles. The van der Waals surface area contributed by atoms with Crippen LogP contribution in [0.1, 0.15) is 30.6 Å². The van der Waals surface area contributed by atoms with E-state index in [0.29, 0.717) is 24.4 Å². The Bertz CT molecular complexity index is 440. The van der Waals surface area contributed by atoms with Gasteiger partial charge in [-0.1, -0.05) is 18.5 Å². The van der Waals surface area contributed by atoms with Gasteiger partial charge in [0.25, 0.3) is 5.91 Å². The van der Waals surface area contributed by atoms with Gasteiger partial charge in [0.15, 0.2) is 0 Å². The highest BCUT2D eigenvalue weighted by atomic mass is 35.5. The number of carbonyl (C=O) groups is 1. The number of nitrogen functional groups attached to an aromatic ring is 1. The van der Waals surface area contributed by atoms with E-state index in [4.69, 9.17) is 22.1 Å². The minimum absolute atomic E-state index is 0.0974. The number of aromatic nitrogens is 1. The van der Waals surface area contributed by atoms with Gasteiger partial charge in [0.2, 0.25) is 0 Å². The highest BCUT2D eigenvalue weighted by molar-refractivity contribution is 6.32. The van der Waals surface area contributed by atoms with Crippen molar-refractivity contribution in [2.75, 3.05) is 26.0 Å². The first-order valence-electron chi connectivity index (χ1n) is 6.22. The summed E-state index contributed by atoms with van der Waals surface area (Å²) >= 11 is 5.97. The third-order valence-corrected chi connectivity index (χ3v) is 3.31. The zero-order valence-electron chi connectivity index (χ0n) is 11.5. The number of carbonyl (C=O) groups excluding carboxylic acids is 1. The van der Waals surface area contributed by atoms with E-state index in [2.05, 4.69) is 4.98 Å². The van der Waals surface area contributed by atoms with Crippen LogP contribution in [0.4, 0.5) is 5.69 Å². The second-order valence-electron chi connectivity index (χ2n) is 4.36. The van der Waals surface area contributed by atoms with Gasteiger partial charge in [-0.2, -0.15) is 0 Å². The smallest absolute Gasteiger partial charge is 0.257 e. The molecule has 19 heavy (non-hydrogen) atoms. The average Bonchev–Trinajstić information content (AvgIpc) is 2.41. The summed E-state index contributed by atoms with van der Waals surface area (Å²) in [6.07, 6.45) is 2.28. The van der Waals surface area contributed by atoms with Gasteiger partial charge >= 0.3 is 0 Å². The first-order chi connectivity index (χ1) is 9.01. The van der Waals surface area contributed by atoms with Gasteiger partial charge in [0, 0.05) is 19.7 Å². The molecule has 1 rings (SSSR count). The van der Waals surface area contributed by atoms with Crippen LogP contribution >= 0.6 is 11.6 Å². The van der Waals surface area contributed by atoms with Crippen LogP contribution in [0, 0.1) is 0 Å². The van der Waals surface area contributed by atoms with Gasteiger partial charge in [-0.05, 0) is 19.4 Å². The zero-order valence-corrected chi connectivity index (χ0v) is 12.3. The third kappa shape index (κ3) is 4.08. The van der Waals surface area contributed by atoms with Crippen molar-refractivity contribution in [2.45, 2.75) is 26.3 Å². The van der Waals surface area contributed by atoms with Gasteiger partial charge in [-0.3, -0.25) is 4.79 Å². The van der Waals surface area contributed by atoms with Crippen molar-refractivity contribution in [1.82, 2.24) is 9.88 Å². The summed E-state index contributed by atoms with van der Waals surface area (Å²) in [5, 5.41) is 0.171. The number of hydrogen-bond donors (Lipinski definition) is 1. The first kappa shape index (κ1) is 15.7. The monoisotopic (exact) mass is 285 g/mol. The van der Waals surface area contributed by atoms with Gasteiger partial charge in [0.05, 0.1) is 24.1 Å². The molecule has 0 fully saturated rings. The molecule has 106 valence electrons. The highest BCUT2D eigenvalue weighted by Gasteiger charge is 2.22. The Morgan fingerprint density at radius 1 is 1.63 bits per heavy atom. The molecule has 6 heteroatoms. The number of pyridine rings is 1. The van der Waals surface area contributed by atoms with Crippen LogP contribution in [0.5, 0.6) is 0 Å². The van der Waals surface area contributed by atoms with Crippen LogP contribution in [-0.4, -0.2) is 42.1 Å². The van der Waals surface area contributed by atoms with Crippen molar-refractivity contribution in [2.24, 2.45) is 0 Å². The molecule has 0 aliphatic heterocycles. The largest absolute Gasteiger partial charge is 0.397 e. The Balaban J connectivity index is 3.00. The number of nitrogens with two attached hydrogens (primary N) is 1. The van der Waals surface area contributed by atoms with Crippen LogP contribution in [0.2, 0.25) is 5.15 Å². The Labute approximate surface area is 118 Å². The lowest BCUT2D eigenvalue weighted by molar-refractivity contribution is 0.0614. The number of anilines is 1. The average molecular weight is 286 g/mol. The summed E-state index contributed by atoms with van der Waals surface area (Å²) in [7, 11) is 1.61.